The Morgan fingerprint density at radius 1 is 1.17 bits per heavy atom. The number of amides is 3. The number of rotatable bonds is 4. The number of para-hydroxylation sites is 1. The van der Waals surface area contributed by atoms with Gasteiger partial charge in [-0.1, -0.05) is 24.3 Å². The van der Waals surface area contributed by atoms with Crippen molar-refractivity contribution in [3.8, 4) is 5.75 Å². The third-order valence-corrected chi connectivity index (χ3v) is 5.23. The summed E-state index contributed by atoms with van der Waals surface area (Å²) in [6.45, 7) is 3.83. The molecule has 0 unspecified atom stereocenters. The number of carbonyl (C=O) groups is 2. The molecule has 1 aromatic heterocycles. The Hall–Kier alpha value is -3.48. The van der Waals surface area contributed by atoms with Crippen LogP contribution in [-0.2, 0) is 4.79 Å². The molecule has 0 aliphatic carbocycles. The zero-order valence-electron chi connectivity index (χ0n) is 16.6. The van der Waals surface area contributed by atoms with Crippen LogP contribution in [-0.4, -0.2) is 30.5 Å². The van der Waals surface area contributed by atoms with Gasteiger partial charge in [0.1, 0.15) is 17.1 Å². The van der Waals surface area contributed by atoms with Crippen LogP contribution >= 0.6 is 0 Å². The van der Waals surface area contributed by atoms with Crippen molar-refractivity contribution in [3.05, 3.63) is 59.9 Å². The van der Waals surface area contributed by atoms with E-state index in [1.54, 1.807) is 18.0 Å². The van der Waals surface area contributed by atoms with E-state index < -0.39 is 0 Å². The van der Waals surface area contributed by atoms with Gasteiger partial charge in [-0.2, -0.15) is 0 Å². The number of fused-ring (bicyclic) bond motifs is 2. The number of furan rings is 1. The van der Waals surface area contributed by atoms with Gasteiger partial charge in [0.2, 0.25) is 0 Å². The second-order valence-electron chi connectivity index (χ2n) is 7.24. The van der Waals surface area contributed by atoms with E-state index in [0.717, 1.165) is 22.3 Å². The van der Waals surface area contributed by atoms with E-state index in [4.69, 9.17) is 9.15 Å². The molecule has 4 rings (SSSR count). The summed E-state index contributed by atoms with van der Waals surface area (Å²) in [5.74, 6) is 1.17. The lowest BCUT2D eigenvalue weighted by Crippen LogP contribution is -2.39. The van der Waals surface area contributed by atoms with Gasteiger partial charge in [0.25, 0.3) is 5.91 Å². The predicted molar refractivity (Wildman–Crippen MR) is 110 cm³/mol. The minimum Gasteiger partial charge on any atom is -0.482 e. The largest absolute Gasteiger partial charge is 0.482 e. The average molecular weight is 393 g/mol. The number of anilines is 1. The number of benzene rings is 2. The maximum atomic E-state index is 12.8. The lowest BCUT2D eigenvalue weighted by atomic mass is 10.1. The van der Waals surface area contributed by atoms with Crippen molar-refractivity contribution in [1.82, 2.24) is 10.2 Å². The molecule has 2 N–H and O–H groups in total. The lowest BCUT2D eigenvalue weighted by molar-refractivity contribution is -0.118. The van der Waals surface area contributed by atoms with Gasteiger partial charge < -0.3 is 24.7 Å². The van der Waals surface area contributed by atoms with Gasteiger partial charge >= 0.3 is 6.03 Å². The highest BCUT2D eigenvalue weighted by Gasteiger charge is 2.23. The minimum atomic E-state index is -0.253. The van der Waals surface area contributed by atoms with Gasteiger partial charge in [0.15, 0.2) is 6.61 Å². The normalized spacial score (nSPS) is 15.1. The molecule has 3 amide bonds. The van der Waals surface area contributed by atoms with E-state index >= 15 is 0 Å². The molecule has 29 heavy (non-hydrogen) atoms. The van der Waals surface area contributed by atoms with Crippen molar-refractivity contribution in [2.24, 2.45) is 0 Å². The van der Waals surface area contributed by atoms with E-state index in [0.29, 0.717) is 11.4 Å². The fourth-order valence-corrected chi connectivity index (χ4v) is 3.32. The van der Waals surface area contributed by atoms with Crippen LogP contribution in [0.2, 0.25) is 0 Å². The highest BCUT2D eigenvalue weighted by atomic mass is 16.5. The van der Waals surface area contributed by atoms with Crippen molar-refractivity contribution >= 4 is 28.6 Å². The number of nitrogens with one attached hydrogen (secondary N) is 2. The van der Waals surface area contributed by atoms with Gasteiger partial charge in [-0.3, -0.25) is 4.79 Å². The Labute approximate surface area is 168 Å². The van der Waals surface area contributed by atoms with E-state index in [2.05, 4.69) is 10.6 Å². The van der Waals surface area contributed by atoms with Crippen LogP contribution in [0.3, 0.4) is 0 Å². The van der Waals surface area contributed by atoms with Crippen LogP contribution in [0.15, 0.2) is 52.9 Å². The zero-order valence-corrected chi connectivity index (χ0v) is 16.6. The molecule has 150 valence electrons. The van der Waals surface area contributed by atoms with Crippen molar-refractivity contribution in [3.63, 3.8) is 0 Å². The summed E-state index contributed by atoms with van der Waals surface area (Å²) in [5, 5.41) is 6.78. The Kier molecular flexibility index (Phi) is 4.88. The van der Waals surface area contributed by atoms with E-state index in [9.17, 15) is 9.59 Å². The summed E-state index contributed by atoms with van der Waals surface area (Å²) in [4.78, 5) is 25.9. The minimum absolute atomic E-state index is 0.0170. The molecule has 0 spiro atoms. The fraction of sp³-hybridized carbons (Fsp3) is 0.273. The first-order valence-electron chi connectivity index (χ1n) is 9.51. The SMILES string of the molecule is C[C@H](c1cc2ccccc2o1)N(C)C(=O)N[C@H](C)c1ccc2c(c1)NC(=O)CO2. The number of urea groups is 1. The van der Waals surface area contributed by atoms with Gasteiger partial charge in [-0.25, -0.2) is 4.79 Å². The predicted octanol–water partition coefficient (Wildman–Crippen LogP) is 4.23. The van der Waals surface area contributed by atoms with Gasteiger partial charge in [-0.05, 0) is 43.7 Å². The molecule has 0 bridgehead atoms. The summed E-state index contributed by atoms with van der Waals surface area (Å²) < 4.78 is 11.3. The van der Waals surface area contributed by atoms with Crippen molar-refractivity contribution < 1.29 is 18.7 Å². The molecule has 0 radical (unpaired) electrons. The second kappa shape index (κ2) is 7.50. The molecule has 3 aromatic rings. The number of hydrogen-bond acceptors (Lipinski definition) is 4. The lowest BCUT2D eigenvalue weighted by Gasteiger charge is -2.26. The Balaban J connectivity index is 1.45. The molecule has 0 saturated carbocycles. The molecular weight excluding hydrogens is 370 g/mol. The van der Waals surface area contributed by atoms with Crippen LogP contribution in [0.25, 0.3) is 11.0 Å². The molecule has 1 aliphatic heterocycles. The third kappa shape index (κ3) is 3.76. The monoisotopic (exact) mass is 393 g/mol. The second-order valence-corrected chi connectivity index (χ2v) is 7.24. The molecular formula is C22H23N3O4. The molecule has 2 atom stereocenters. The standard InChI is InChI=1S/C22H23N3O4/c1-13(15-8-9-19-17(10-15)24-21(26)12-28-19)23-22(27)25(3)14(2)20-11-16-6-4-5-7-18(16)29-20/h4-11,13-14H,12H2,1-3H3,(H,23,27)(H,24,26)/t13-,14-/m1/s1. The Morgan fingerprint density at radius 2 is 1.97 bits per heavy atom. The first kappa shape index (κ1) is 18.9. The van der Waals surface area contributed by atoms with Crippen LogP contribution in [0.4, 0.5) is 10.5 Å². The smallest absolute Gasteiger partial charge is 0.318 e. The number of ether oxygens (including phenoxy) is 1. The van der Waals surface area contributed by atoms with E-state index in [1.165, 1.54) is 0 Å². The summed E-state index contributed by atoms with van der Waals surface area (Å²) in [6, 6.07) is 14.5. The summed E-state index contributed by atoms with van der Waals surface area (Å²) in [5.41, 5.74) is 2.28. The zero-order chi connectivity index (χ0) is 20.5. The summed E-state index contributed by atoms with van der Waals surface area (Å²) in [7, 11) is 1.74. The molecule has 7 heteroatoms. The molecule has 0 saturated heterocycles. The molecule has 7 nitrogen and oxygen atoms in total. The van der Waals surface area contributed by atoms with Gasteiger partial charge in [0, 0.05) is 12.4 Å². The molecule has 1 aliphatic rings. The topological polar surface area (TPSA) is 83.8 Å². The average Bonchev–Trinajstić information content (AvgIpc) is 3.16. The summed E-state index contributed by atoms with van der Waals surface area (Å²) in [6.07, 6.45) is 0. The first-order valence-corrected chi connectivity index (χ1v) is 9.51. The maximum Gasteiger partial charge on any atom is 0.318 e. The molecule has 0 fully saturated rings. The maximum absolute atomic E-state index is 12.8. The van der Waals surface area contributed by atoms with Crippen LogP contribution in [0.1, 0.15) is 37.3 Å². The van der Waals surface area contributed by atoms with Gasteiger partial charge in [-0.15, -0.1) is 0 Å². The van der Waals surface area contributed by atoms with E-state index in [-0.39, 0.29) is 30.6 Å². The van der Waals surface area contributed by atoms with Crippen LogP contribution in [0, 0.1) is 0 Å². The van der Waals surface area contributed by atoms with Gasteiger partial charge in [0.05, 0.1) is 17.8 Å². The van der Waals surface area contributed by atoms with Crippen molar-refractivity contribution in [1.29, 1.82) is 0 Å². The highest BCUT2D eigenvalue weighted by molar-refractivity contribution is 5.95. The fourth-order valence-electron chi connectivity index (χ4n) is 3.32. The van der Waals surface area contributed by atoms with Crippen LogP contribution < -0.4 is 15.4 Å². The van der Waals surface area contributed by atoms with Crippen molar-refractivity contribution in [2.75, 3.05) is 19.0 Å². The number of hydrogen-bond donors (Lipinski definition) is 2. The Bertz CT molecular complexity index is 1040. The quantitative estimate of drug-likeness (QED) is 0.695. The van der Waals surface area contributed by atoms with Crippen LogP contribution in [0.5, 0.6) is 5.75 Å². The molecule has 2 aromatic carbocycles. The first-order chi connectivity index (χ1) is 13.9. The van der Waals surface area contributed by atoms with E-state index in [1.807, 2.05) is 56.3 Å². The highest BCUT2D eigenvalue weighted by Crippen LogP contribution is 2.31. The Morgan fingerprint density at radius 3 is 2.76 bits per heavy atom. The summed E-state index contributed by atoms with van der Waals surface area (Å²) >= 11 is 0. The van der Waals surface area contributed by atoms with Crippen molar-refractivity contribution in [2.45, 2.75) is 25.9 Å². The molecule has 2 heterocycles. The number of nitrogens with zero attached hydrogens (tertiary/aromatic N) is 1. The third-order valence-electron chi connectivity index (χ3n) is 5.23. The number of carbonyl (C=O) groups excluding carboxylic acids is 2.